The Kier molecular flexibility index (Phi) is 7.90. The maximum absolute atomic E-state index is 12.1. The van der Waals surface area contributed by atoms with Crippen LogP contribution in [0.2, 0.25) is 0 Å². The van der Waals surface area contributed by atoms with E-state index >= 15 is 0 Å². The molecule has 0 bridgehead atoms. The first kappa shape index (κ1) is 18.8. The predicted octanol–water partition coefficient (Wildman–Crippen LogP) is 2.75. The number of allylic oxidation sites excluding steroid dienone is 3. The Bertz CT molecular complexity index is 627. The lowest BCUT2D eigenvalue weighted by atomic mass is 10.2. The van der Waals surface area contributed by atoms with Crippen molar-refractivity contribution in [1.82, 2.24) is 10.9 Å². The number of amides is 2. The monoisotopic (exact) mass is 382 g/mol. The molecule has 1 aromatic carbocycles. The van der Waals surface area contributed by atoms with Crippen LogP contribution in [0.1, 0.15) is 24.2 Å². The van der Waals surface area contributed by atoms with E-state index in [4.69, 9.17) is 9.47 Å². The molecule has 0 unspecified atom stereocenters. The standard InChI is InChI=1S/C16H19BrN2O4/c1-4-6-7-8-14(20)18-19-16(21)11-9-12(17)15(23-5-2)13(10-11)22-3/h4,6-10H,5H2,1-3H3,(H,18,20)(H,19,21)/b6-4+,8-7+. The second kappa shape index (κ2) is 9.68. The van der Waals surface area contributed by atoms with Crippen LogP contribution in [0.25, 0.3) is 0 Å². The van der Waals surface area contributed by atoms with Crippen LogP contribution in [-0.2, 0) is 4.79 Å². The molecule has 0 saturated carbocycles. The molecule has 2 N–H and O–H groups in total. The Hall–Kier alpha value is -2.28. The van der Waals surface area contributed by atoms with Gasteiger partial charge in [-0.05, 0) is 41.9 Å². The van der Waals surface area contributed by atoms with E-state index in [1.807, 2.05) is 13.8 Å². The number of hydrogen-bond acceptors (Lipinski definition) is 4. The molecule has 7 heteroatoms. The van der Waals surface area contributed by atoms with E-state index in [0.29, 0.717) is 28.1 Å². The number of methoxy groups -OCH3 is 1. The van der Waals surface area contributed by atoms with Gasteiger partial charge in [-0.3, -0.25) is 20.4 Å². The van der Waals surface area contributed by atoms with Crippen molar-refractivity contribution in [3.63, 3.8) is 0 Å². The van der Waals surface area contributed by atoms with Gasteiger partial charge in [0, 0.05) is 11.6 Å². The summed E-state index contributed by atoms with van der Waals surface area (Å²) in [6, 6.07) is 3.12. The molecular weight excluding hydrogens is 364 g/mol. The highest BCUT2D eigenvalue weighted by molar-refractivity contribution is 9.10. The molecule has 2 amide bonds. The third kappa shape index (κ3) is 5.78. The Labute approximate surface area is 143 Å². The van der Waals surface area contributed by atoms with Crippen molar-refractivity contribution in [3.05, 3.63) is 46.5 Å². The molecule has 0 aliphatic heterocycles. The number of carbonyl (C=O) groups excluding carboxylic acids is 2. The van der Waals surface area contributed by atoms with E-state index in [9.17, 15) is 9.59 Å². The van der Waals surface area contributed by atoms with E-state index < -0.39 is 11.8 Å². The molecule has 0 atom stereocenters. The van der Waals surface area contributed by atoms with Gasteiger partial charge in [0.2, 0.25) is 0 Å². The van der Waals surface area contributed by atoms with Gasteiger partial charge in [0.15, 0.2) is 11.5 Å². The fourth-order valence-electron chi connectivity index (χ4n) is 1.62. The van der Waals surface area contributed by atoms with Crippen molar-refractivity contribution in [2.24, 2.45) is 0 Å². The highest BCUT2D eigenvalue weighted by Gasteiger charge is 2.15. The quantitative estimate of drug-likeness (QED) is 0.450. The number of carbonyl (C=O) groups is 2. The molecular formula is C16H19BrN2O4. The second-order valence-corrected chi connectivity index (χ2v) is 5.11. The van der Waals surface area contributed by atoms with E-state index in [2.05, 4.69) is 26.8 Å². The first-order valence-electron chi connectivity index (χ1n) is 6.93. The number of hydrogen-bond donors (Lipinski definition) is 2. The average Bonchev–Trinajstić information content (AvgIpc) is 2.54. The van der Waals surface area contributed by atoms with Crippen LogP contribution < -0.4 is 20.3 Å². The van der Waals surface area contributed by atoms with Crippen molar-refractivity contribution in [2.75, 3.05) is 13.7 Å². The molecule has 0 aliphatic carbocycles. The number of benzene rings is 1. The van der Waals surface area contributed by atoms with Gasteiger partial charge in [0.1, 0.15) is 0 Å². The van der Waals surface area contributed by atoms with Crippen molar-refractivity contribution in [1.29, 1.82) is 0 Å². The molecule has 0 spiro atoms. The topological polar surface area (TPSA) is 76.7 Å². The molecule has 0 saturated heterocycles. The van der Waals surface area contributed by atoms with E-state index in [0.717, 1.165) is 0 Å². The van der Waals surface area contributed by atoms with Crippen LogP contribution in [0.5, 0.6) is 11.5 Å². The zero-order valence-corrected chi connectivity index (χ0v) is 14.8. The van der Waals surface area contributed by atoms with Crippen molar-refractivity contribution in [3.8, 4) is 11.5 Å². The third-order valence-corrected chi connectivity index (χ3v) is 3.22. The lowest BCUT2D eigenvalue weighted by Gasteiger charge is -2.13. The smallest absolute Gasteiger partial charge is 0.269 e. The van der Waals surface area contributed by atoms with Crippen LogP contribution in [0.3, 0.4) is 0 Å². The number of nitrogens with one attached hydrogen (secondary N) is 2. The average molecular weight is 383 g/mol. The van der Waals surface area contributed by atoms with Gasteiger partial charge in [0.05, 0.1) is 18.2 Å². The highest BCUT2D eigenvalue weighted by Crippen LogP contribution is 2.36. The van der Waals surface area contributed by atoms with Crippen molar-refractivity contribution >= 4 is 27.7 Å². The van der Waals surface area contributed by atoms with Crippen LogP contribution in [0.15, 0.2) is 40.9 Å². The summed E-state index contributed by atoms with van der Waals surface area (Å²) in [4.78, 5) is 23.6. The maximum Gasteiger partial charge on any atom is 0.269 e. The first-order chi connectivity index (χ1) is 11.0. The molecule has 23 heavy (non-hydrogen) atoms. The van der Waals surface area contributed by atoms with E-state index in [1.165, 1.54) is 19.3 Å². The van der Waals surface area contributed by atoms with Gasteiger partial charge in [-0.25, -0.2) is 0 Å². The van der Waals surface area contributed by atoms with Crippen molar-refractivity contribution < 1.29 is 19.1 Å². The molecule has 1 aromatic rings. The maximum atomic E-state index is 12.1. The Balaban J connectivity index is 2.80. The lowest BCUT2D eigenvalue weighted by Crippen LogP contribution is -2.40. The van der Waals surface area contributed by atoms with Gasteiger partial charge < -0.3 is 9.47 Å². The number of ether oxygens (including phenoxy) is 2. The van der Waals surface area contributed by atoms with Crippen LogP contribution in [0.4, 0.5) is 0 Å². The molecule has 0 fully saturated rings. The zero-order chi connectivity index (χ0) is 17.2. The molecule has 0 heterocycles. The Morgan fingerprint density at radius 3 is 2.61 bits per heavy atom. The van der Waals surface area contributed by atoms with Gasteiger partial charge in [-0.1, -0.05) is 18.2 Å². The third-order valence-electron chi connectivity index (χ3n) is 2.63. The molecule has 0 aliphatic rings. The van der Waals surface area contributed by atoms with Gasteiger partial charge in [-0.2, -0.15) is 0 Å². The predicted molar refractivity (Wildman–Crippen MR) is 91.4 cm³/mol. The van der Waals surface area contributed by atoms with Crippen LogP contribution >= 0.6 is 15.9 Å². The first-order valence-corrected chi connectivity index (χ1v) is 7.72. The number of rotatable bonds is 6. The summed E-state index contributed by atoms with van der Waals surface area (Å²) >= 11 is 3.34. The minimum absolute atomic E-state index is 0.315. The summed E-state index contributed by atoms with van der Waals surface area (Å²) in [6.45, 7) is 4.15. The minimum atomic E-state index is -0.472. The fourth-order valence-corrected chi connectivity index (χ4v) is 2.18. The summed E-state index contributed by atoms with van der Waals surface area (Å²) < 4.78 is 11.3. The summed E-state index contributed by atoms with van der Waals surface area (Å²) in [7, 11) is 1.49. The van der Waals surface area contributed by atoms with E-state index in [-0.39, 0.29) is 0 Å². The molecule has 0 aromatic heterocycles. The summed E-state index contributed by atoms with van der Waals surface area (Å²) in [5.74, 6) is 0.0313. The summed E-state index contributed by atoms with van der Waals surface area (Å²) in [5, 5.41) is 0. The van der Waals surface area contributed by atoms with Crippen LogP contribution in [-0.4, -0.2) is 25.5 Å². The normalized spacial score (nSPS) is 10.8. The van der Waals surface area contributed by atoms with Gasteiger partial charge in [-0.15, -0.1) is 0 Å². The van der Waals surface area contributed by atoms with Crippen LogP contribution in [0, 0.1) is 0 Å². The van der Waals surface area contributed by atoms with E-state index in [1.54, 1.807) is 24.3 Å². The SMILES string of the molecule is C/C=C/C=C/C(=O)NNC(=O)c1cc(Br)c(OCC)c(OC)c1. The largest absolute Gasteiger partial charge is 0.493 e. The zero-order valence-electron chi connectivity index (χ0n) is 13.2. The minimum Gasteiger partial charge on any atom is -0.493 e. The molecule has 1 rings (SSSR count). The second-order valence-electron chi connectivity index (χ2n) is 4.25. The summed E-state index contributed by atoms with van der Waals surface area (Å²) in [6.07, 6.45) is 6.36. The lowest BCUT2D eigenvalue weighted by molar-refractivity contribution is -0.117. The van der Waals surface area contributed by atoms with Gasteiger partial charge >= 0.3 is 0 Å². The Morgan fingerprint density at radius 1 is 1.26 bits per heavy atom. The Morgan fingerprint density at radius 2 is 2.00 bits per heavy atom. The number of halogens is 1. The molecule has 124 valence electrons. The molecule has 6 nitrogen and oxygen atoms in total. The highest BCUT2D eigenvalue weighted by atomic mass is 79.9. The fraction of sp³-hybridized carbons (Fsp3) is 0.250. The number of hydrazine groups is 1. The summed E-state index contributed by atoms with van der Waals surface area (Å²) in [5.41, 5.74) is 4.93. The van der Waals surface area contributed by atoms with Gasteiger partial charge in [0.25, 0.3) is 11.8 Å². The van der Waals surface area contributed by atoms with Crippen molar-refractivity contribution in [2.45, 2.75) is 13.8 Å². The molecule has 0 radical (unpaired) electrons.